The molecule has 2 atom stereocenters. The van der Waals surface area contributed by atoms with E-state index >= 15 is 0 Å². The molecule has 0 spiro atoms. The number of likely N-dealkylation sites (N-methyl/N-ethyl adjacent to an activating group) is 1. The molecular formula is C21H27NO3. The van der Waals surface area contributed by atoms with Gasteiger partial charge in [-0.15, -0.1) is 0 Å². The van der Waals surface area contributed by atoms with E-state index in [4.69, 9.17) is 9.47 Å². The Morgan fingerprint density at radius 2 is 2.08 bits per heavy atom. The summed E-state index contributed by atoms with van der Waals surface area (Å²) in [6.07, 6.45) is 7.19. The second-order valence-electron chi connectivity index (χ2n) is 7.84. The van der Waals surface area contributed by atoms with E-state index in [1.807, 2.05) is 0 Å². The molecule has 1 aromatic rings. The Morgan fingerprint density at radius 1 is 1.28 bits per heavy atom. The lowest BCUT2D eigenvalue weighted by atomic mass is 9.68. The summed E-state index contributed by atoms with van der Waals surface area (Å²) in [6, 6.07) is 6.87. The molecule has 2 aliphatic carbocycles. The molecule has 0 bridgehead atoms. The van der Waals surface area contributed by atoms with Gasteiger partial charge in [-0.25, -0.2) is 0 Å². The van der Waals surface area contributed by atoms with Crippen LogP contribution in [-0.2, 0) is 14.9 Å². The van der Waals surface area contributed by atoms with Crippen LogP contribution in [-0.4, -0.2) is 37.6 Å². The smallest absolute Gasteiger partial charge is 0.313 e. The number of carbonyl (C=O) groups excluding carboxylic acids is 1. The molecule has 0 amide bonds. The number of hydrogen-bond donors (Lipinski definition) is 0. The van der Waals surface area contributed by atoms with E-state index in [0.717, 1.165) is 50.2 Å². The van der Waals surface area contributed by atoms with Crippen LogP contribution in [0.25, 0.3) is 0 Å². The highest BCUT2D eigenvalue weighted by Gasteiger charge is 2.48. The number of hydrogen-bond acceptors (Lipinski definition) is 4. The topological polar surface area (TPSA) is 38.8 Å². The molecule has 0 radical (unpaired) electrons. The van der Waals surface area contributed by atoms with Crippen molar-refractivity contribution in [1.82, 2.24) is 4.90 Å². The molecule has 2 fully saturated rings. The highest BCUT2D eigenvalue weighted by Crippen LogP contribution is 2.48. The Morgan fingerprint density at radius 3 is 2.76 bits per heavy atom. The highest BCUT2D eigenvalue weighted by atomic mass is 16.5. The number of methoxy groups -OCH3 is 1. The zero-order valence-electron chi connectivity index (χ0n) is 15.4. The van der Waals surface area contributed by atoms with E-state index in [1.165, 1.54) is 11.1 Å². The van der Waals surface area contributed by atoms with Crippen LogP contribution in [0.3, 0.4) is 0 Å². The first-order valence-electron chi connectivity index (χ1n) is 9.31. The summed E-state index contributed by atoms with van der Waals surface area (Å²) < 4.78 is 11.1. The number of nitrogens with zero attached hydrogens (tertiary/aromatic N) is 1. The van der Waals surface area contributed by atoms with E-state index in [0.29, 0.717) is 0 Å². The molecule has 0 aromatic heterocycles. The number of likely N-dealkylation sites (tertiary alicyclic amines) is 1. The molecule has 4 rings (SSSR count). The molecule has 4 heteroatoms. The minimum atomic E-state index is -0.0281. The van der Waals surface area contributed by atoms with Crippen molar-refractivity contribution >= 4 is 5.97 Å². The fraction of sp³-hybridized carbons (Fsp3) is 0.571. The fourth-order valence-corrected chi connectivity index (χ4v) is 4.51. The first-order valence-corrected chi connectivity index (χ1v) is 9.31. The van der Waals surface area contributed by atoms with Gasteiger partial charge < -0.3 is 9.47 Å². The molecule has 25 heavy (non-hydrogen) atoms. The molecule has 2 unspecified atom stereocenters. The van der Waals surface area contributed by atoms with Crippen LogP contribution in [0.5, 0.6) is 5.75 Å². The van der Waals surface area contributed by atoms with Gasteiger partial charge in [0.15, 0.2) is 0 Å². The van der Waals surface area contributed by atoms with Crippen LogP contribution in [0.4, 0.5) is 0 Å². The third kappa shape index (κ3) is 2.86. The van der Waals surface area contributed by atoms with E-state index in [9.17, 15) is 4.79 Å². The predicted molar refractivity (Wildman–Crippen MR) is 96.6 cm³/mol. The Kier molecular flexibility index (Phi) is 4.11. The van der Waals surface area contributed by atoms with Gasteiger partial charge in [-0.2, -0.15) is 0 Å². The number of fused-ring (bicyclic) bond motifs is 1. The molecule has 0 N–H and O–H groups in total. The van der Waals surface area contributed by atoms with Crippen molar-refractivity contribution in [3.05, 3.63) is 41.2 Å². The summed E-state index contributed by atoms with van der Waals surface area (Å²) in [6.45, 7) is 3.17. The third-order valence-electron chi connectivity index (χ3n) is 6.23. The molecule has 1 saturated carbocycles. The molecule has 1 heterocycles. The van der Waals surface area contributed by atoms with Crippen LogP contribution >= 0.6 is 0 Å². The number of aryl methyl sites for hydroxylation is 1. The van der Waals surface area contributed by atoms with Gasteiger partial charge in [0.25, 0.3) is 0 Å². The van der Waals surface area contributed by atoms with E-state index < -0.39 is 0 Å². The van der Waals surface area contributed by atoms with Crippen LogP contribution in [0.2, 0.25) is 0 Å². The largest absolute Gasteiger partial charge is 0.496 e. The van der Waals surface area contributed by atoms with Crippen molar-refractivity contribution < 1.29 is 14.3 Å². The molecule has 4 nitrogen and oxygen atoms in total. The number of rotatable bonds is 4. The Bertz CT molecular complexity index is 722. The minimum absolute atomic E-state index is 0.0281. The normalized spacial score (nSPS) is 29.1. The molecule has 1 saturated heterocycles. The van der Waals surface area contributed by atoms with Crippen LogP contribution in [0, 0.1) is 12.8 Å². The summed E-state index contributed by atoms with van der Waals surface area (Å²) in [7, 11) is 3.89. The van der Waals surface area contributed by atoms with Gasteiger partial charge in [-0.05, 0) is 69.5 Å². The molecule has 1 aliphatic heterocycles. The number of esters is 1. The summed E-state index contributed by atoms with van der Waals surface area (Å²) in [4.78, 5) is 14.4. The van der Waals surface area contributed by atoms with Crippen molar-refractivity contribution in [1.29, 1.82) is 0 Å². The standard InChI is InChI=1S/C21H27NO3/c1-14-12-16(6-7-18(14)24-3)21-9-8-17(25-20(23)15-4-5-15)13-19(21)22(2)11-10-21/h6-7,12-13,15,19H,4-5,8-11H2,1-3H3. The average Bonchev–Trinajstić information content (AvgIpc) is 3.41. The second kappa shape index (κ2) is 6.17. The SMILES string of the molecule is COc1ccc(C23CCC(OC(=O)C4CC4)=CC2N(C)CC3)cc1C. The van der Waals surface area contributed by atoms with Gasteiger partial charge >= 0.3 is 5.97 Å². The lowest BCUT2D eigenvalue weighted by Crippen LogP contribution is -2.42. The van der Waals surface area contributed by atoms with Crippen LogP contribution < -0.4 is 4.74 Å². The van der Waals surface area contributed by atoms with Crippen LogP contribution in [0.1, 0.15) is 43.2 Å². The molecule has 134 valence electrons. The Balaban J connectivity index is 1.63. The monoisotopic (exact) mass is 341 g/mol. The zero-order valence-corrected chi connectivity index (χ0v) is 15.4. The van der Waals surface area contributed by atoms with Crippen molar-refractivity contribution in [2.24, 2.45) is 5.92 Å². The Hall–Kier alpha value is -1.81. The van der Waals surface area contributed by atoms with Gasteiger partial charge in [0.2, 0.25) is 0 Å². The lowest BCUT2D eigenvalue weighted by molar-refractivity contribution is -0.141. The maximum atomic E-state index is 12.0. The van der Waals surface area contributed by atoms with Gasteiger partial charge in [0.1, 0.15) is 11.5 Å². The second-order valence-corrected chi connectivity index (χ2v) is 7.84. The highest BCUT2D eigenvalue weighted by molar-refractivity contribution is 5.76. The maximum Gasteiger partial charge on any atom is 0.313 e. The van der Waals surface area contributed by atoms with Crippen LogP contribution in [0.15, 0.2) is 30.0 Å². The summed E-state index contributed by atoms with van der Waals surface area (Å²) in [5.41, 5.74) is 2.67. The van der Waals surface area contributed by atoms with E-state index in [2.05, 4.69) is 43.1 Å². The average molecular weight is 341 g/mol. The van der Waals surface area contributed by atoms with Crippen molar-refractivity contribution in [2.75, 3.05) is 20.7 Å². The quantitative estimate of drug-likeness (QED) is 0.785. The van der Waals surface area contributed by atoms with E-state index in [1.54, 1.807) is 7.11 Å². The summed E-state index contributed by atoms with van der Waals surface area (Å²) >= 11 is 0. The fourth-order valence-electron chi connectivity index (χ4n) is 4.51. The lowest BCUT2D eigenvalue weighted by Gasteiger charge is -2.40. The van der Waals surface area contributed by atoms with Gasteiger partial charge in [-0.3, -0.25) is 9.69 Å². The number of ether oxygens (including phenoxy) is 2. The maximum absolute atomic E-state index is 12.0. The first kappa shape index (κ1) is 16.6. The van der Waals surface area contributed by atoms with Gasteiger partial charge in [0.05, 0.1) is 13.0 Å². The summed E-state index contributed by atoms with van der Waals surface area (Å²) in [5, 5.41) is 0. The third-order valence-corrected chi connectivity index (χ3v) is 6.23. The minimum Gasteiger partial charge on any atom is -0.496 e. The number of benzene rings is 1. The van der Waals surface area contributed by atoms with Gasteiger partial charge in [-0.1, -0.05) is 12.1 Å². The summed E-state index contributed by atoms with van der Waals surface area (Å²) in [5.74, 6) is 1.93. The van der Waals surface area contributed by atoms with E-state index in [-0.39, 0.29) is 23.3 Å². The van der Waals surface area contributed by atoms with Crippen molar-refractivity contribution in [3.63, 3.8) is 0 Å². The zero-order chi connectivity index (χ0) is 17.6. The number of carbonyl (C=O) groups is 1. The number of allylic oxidation sites excluding steroid dienone is 1. The first-order chi connectivity index (χ1) is 12.0. The van der Waals surface area contributed by atoms with Gasteiger partial charge in [0, 0.05) is 17.9 Å². The molecule has 3 aliphatic rings. The van der Waals surface area contributed by atoms with Crippen molar-refractivity contribution in [2.45, 2.75) is 50.5 Å². The van der Waals surface area contributed by atoms with Crippen molar-refractivity contribution in [3.8, 4) is 5.75 Å². The molecular weight excluding hydrogens is 314 g/mol. The molecule has 1 aromatic carbocycles. The predicted octanol–water partition coefficient (Wildman–Crippen LogP) is 3.58. The Labute approximate surface area is 149 Å².